The van der Waals surface area contributed by atoms with Crippen molar-refractivity contribution in [1.82, 2.24) is 14.7 Å². The van der Waals surface area contributed by atoms with Crippen molar-refractivity contribution in [2.45, 2.75) is 38.1 Å². The van der Waals surface area contributed by atoms with Crippen LogP contribution in [0.5, 0.6) is 5.75 Å². The number of piperazine rings is 1. The van der Waals surface area contributed by atoms with Gasteiger partial charge in [-0.2, -0.15) is 0 Å². The monoisotopic (exact) mass is 371 g/mol. The molecule has 146 valence electrons. The van der Waals surface area contributed by atoms with Crippen LogP contribution in [-0.2, 0) is 4.79 Å². The molecule has 3 heterocycles. The number of amides is 2. The molecule has 0 aliphatic carbocycles. The maximum atomic E-state index is 12.9. The molecular weight excluding hydrogens is 342 g/mol. The Morgan fingerprint density at radius 3 is 2.67 bits per heavy atom. The van der Waals surface area contributed by atoms with Crippen LogP contribution < -0.4 is 4.74 Å². The molecule has 0 bridgehead atoms. The lowest BCUT2D eigenvalue weighted by Crippen LogP contribution is -2.52. The minimum absolute atomic E-state index is 0.0313. The number of nitrogens with zero attached hydrogens (tertiary/aromatic N) is 3. The predicted octanol–water partition coefficient (Wildman–Crippen LogP) is 2.00. The highest BCUT2D eigenvalue weighted by atomic mass is 16.5. The molecule has 1 aromatic carbocycles. The molecular formula is C21H29N3O3. The Morgan fingerprint density at radius 2 is 1.81 bits per heavy atom. The molecule has 27 heavy (non-hydrogen) atoms. The third-order valence-corrected chi connectivity index (χ3v) is 6.03. The lowest BCUT2D eigenvalue weighted by molar-refractivity contribution is -0.134. The third-order valence-electron chi connectivity index (χ3n) is 6.03. The summed E-state index contributed by atoms with van der Waals surface area (Å²) < 4.78 is 5.70. The number of hydrogen-bond acceptors (Lipinski definition) is 4. The quantitative estimate of drug-likeness (QED) is 0.812. The highest BCUT2D eigenvalue weighted by molar-refractivity contribution is 5.94. The fourth-order valence-electron chi connectivity index (χ4n) is 4.46. The first kappa shape index (κ1) is 18.3. The van der Waals surface area contributed by atoms with Crippen LogP contribution in [0.4, 0.5) is 0 Å². The molecule has 2 amide bonds. The molecule has 3 aliphatic heterocycles. The highest BCUT2D eigenvalue weighted by Crippen LogP contribution is 2.23. The average molecular weight is 371 g/mol. The van der Waals surface area contributed by atoms with Crippen LogP contribution in [0.25, 0.3) is 0 Å². The van der Waals surface area contributed by atoms with Crippen molar-refractivity contribution >= 4 is 11.8 Å². The summed E-state index contributed by atoms with van der Waals surface area (Å²) in [5, 5.41) is 0. The maximum absolute atomic E-state index is 12.9. The number of benzene rings is 1. The summed E-state index contributed by atoms with van der Waals surface area (Å²) in [6.45, 7) is 5.43. The van der Waals surface area contributed by atoms with Crippen LogP contribution in [0.1, 0.15) is 42.5 Å². The van der Waals surface area contributed by atoms with E-state index < -0.39 is 0 Å². The molecule has 1 atom stereocenters. The number of carbonyl (C=O) groups is 2. The van der Waals surface area contributed by atoms with Gasteiger partial charge in [0.1, 0.15) is 5.75 Å². The first-order chi connectivity index (χ1) is 13.2. The minimum atomic E-state index is 0.0313. The fourth-order valence-corrected chi connectivity index (χ4v) is 4.46. The van der Waals surface area contributed by atoms with Crippen molar-refractivity contribution in [2.75, 3.05) is 45.9 Å². The standard InChI is InChI=1S/C21H29N3O3/c25-20(23-9-2-1-3-10-23)16-27-19-8-4-6-17(14-19)21(26)24-13-12-22-11-5-7-18(22)15-24/h4,6,8,14,18H,1-3,5,7,9-13,15-16H2/t18-/m1/s1. The van der Waals surface area contributed by atoms with E-state index >= 15 is 0 Å². The second-order valence-electron chi connectivity index (χ2n) is 7.84. The van der Waals surface area contributed by atoms with E-state index in [9.17, 15) is 9.59 Å². The Labute approximate surface area is 161 Å². The minimum Gasteiger partial charge on any atom is -0.484 e. The summed E-state index contributed by atoms with van der Waals surface area (Å²) in [6.07, 6.45) is 5.77. The second-order valence-corrected chi connectivity index (χ2v) is 7.84. The zero-order valence-electron chi connectivity index (χ0n) is 15.9. The van der Waals surface area contributed by atoms with Gasteiger partial charge in [0, 0.05) is 44.3 Å². The Kier molecular flexibility index (Phi) is 5.62. The number of piperidine rings is 1. The van der Waals surface area contributed by atoms with E-state index in [1.165, 1.54) is 25.8 Å². The molecule has 6 heteroatoms. The van der Waals surface area contributed by atoms with Gasteiger partial charge in [-0.25, -0.2) is 0 Å². The number of ether oxygens (including phenoxy) is 1. The Bertz CT molecular complexity index is 687. The zero-order chi connectivity index (χ0) is 18.6. The zero-order valence-corrected chi connectivity index (χ0v) is 15.9. The first-order valence-electron chi connectivity index (χ1n) is 10.2. The summed E-state index contributed by atoms with van der Waals surface area (Å²) in [5.74, 6) is 0.684. The van der Waals surface area contributed by atoms with Gasteiger partial charge in [-0.1, -0.05) is 6.07 Å². The molecule has 1 aromatic rings. The van der Waals surface area contributed by atoms with Gasteiger partial charge in [-0.3, -0.25) is 14.5 Å². The van der Waals surface area contributed by atoms with Crippen molar-refractivity contribution in [3.05, 3.63) is 29.8 Å². The second kappa shape index (κ2) is 8.30. The van der Waals surface area contributed by atoms with Crippen LogP contribution >= 0.6 is 0 Å². The molecule has 3 fully saturated rings. The van der Waals surface area contributed by atoms with Crippen LogP contribution in [0.15, 0.2) is 24.3 Å². The molecule has 0 radical (unpaired) electrons. The van der Waals surface area contributed by atoms with Gasteiger partial charge in [-0.05, 0) is 56.8 Å². The Hall–Kier alpha value is -2.08. The van der Waals surface area contributed by atoms with E-state index in [0.717, 1.165) is 45.6 Å². The topological polar surface area (TPSA) is 53.1 Å². The van der Waals surface area contributed by atoms with Gasteiger partial charge in [0.15, 0.2) is 6.61 Å². The summed E-state index contributed by atoms with van der Waals surface area (Å²) >= 11 is 0. The number of likely N-dealkylation sites (tertiary alicyclic amines) is 1. The molecule has 0 unspecified atom stereocenters. The SMILES string of the molecule is O=C(COc1cccc(C(=O)N2CCN3CCC[C@@H]3C2)c1)N1CCCCC1. The van der Waals surface area contributed by atoms with Crippen LogP contribution in [-0.4, -0.2) is 78.4 Å². The van der Waals surface area contributed by atoms with Crippen LogP contribution in [0, 0.1) is 0 Å². The summed E-state index contributed by atoms with van der Waals surface area (Å²) in [7, 11) is 0. The lowest BCUT2D eigenvalue weighted by Gasteiger charge is -2.37. The van der Waals surface area contributed by atoms with E-state index in [0.29, 0.717) is 17.4 Å². The number of hydrogen-bond donors (Lipinski definition) is 0. The van der Waals surface area contributed by atoms with Crippen molar-refractivity contribution in [3.8, 4) is 5.75 Å². The molecule has 3 aliphatic rings. The van der Waals surface area contributed by atoms with E-state index in [2.05, 4.69) is 4.90 Å². The normalized spacial score (nSPS) is 23.2. The predicted molar refractivity (Wildman–Crippen MR) is 103 cm³/mol. The van der Waals surface area contributed by atoms with Gasteiger partial charge in [0.2, 0.25) is 0 Å². The smallest absolute Gasteiger partial charge is 0.260 e. The summed E-state index contributed by atoms with van der Waals surface area (Å²) in [4.78, 5) is 31.5. The molecule has 3 saturated heterocycles. The summed E-state index contributed by atoms with van der Waals surface area (Å²) in [6, 6.07) is 7.77. The van der Waals surface area contributed by atoms with E-state index in [4.69, 9.17) is 4.74 Å². The first-order valence-corrected chi connectivity index (χ1v) is 10.2. The number of carbonyl (C=O) groups excluding carboxylic acids is 2. The molecule has 4 rings (SSSR count). The van der Waals surface area contributed by atoms with Gasteiger partial charge in [0.05, 0.1) is 0 Å². The van der Waals surface area contributed by atoms with E-state index in [1.54, 1.807) is 6.07 Å². The Morgan fingerprint density at radius 1 is 0.963 bits per heavy atom. The van der Waals surface area contributed by atoms with Crippen LogP contribution in [0.3, 0.4) is 0 Å². The maximum Gasteiger partial charge on any atom is 0.260 e. The van der Waals surface area contributed by atoms with Gasteiger partial charge < -0.3 is 14.5 Å². The molecule has 6 nitrogen and oxygen atoms in total. The van der Waals surface area contributed by atoms with Gasteiger partial charge >= 0.3 is 0 Å². The van der Waals surface area contributed by atoms with Crippen molar-refractivity contribution in [1.29, 1.82) is 0 Å². The third kappa shape index (κ3) is 4.26. The highest BCUT2D eigenvalue weighted by Gasteiger charge is 2.32. The largest absolute Gasteiger partial charge is 0.484 e. The van der Waals surface area contributed by atoms with Gasteiger partial charge in [-0.15, -0.1) is 0 Å². The van der Waals surface area contributed by atoms with Crippen LogP contribution in [0.2, 0.25) is 0 Å². The van der Waals surface area contributed by atoms with Gasteiger partial charge in [0.25, 0.3) is 11.8 Å². The van der Waals surface area contributed by atoms with Crippen molar-refractivity contribution in [3.63, 3.8) is 0 Å². The summed E-state index contributed by atoms with van der Waals surface area (Å²) in [5.41, 5.74) is 0.643. The fraction of sp³-hybridized carbons (Fsp3) is 0.619. The van der Waals surface area contributed by atoms with E-state index in [-0.39, 0.29) is 18.4 Å². The van der Waals surface area contributed by atoms with Crippen molar-refractivity contribution in [2.24, 2.45) is 0 Å². The molecule has 0 spiro atoms. The van der Waals surface area contributed by atoms with E-state index in [1.807, 2.05) is 28.0 Å². The number of rotatable bonds is 4. The number of fused-ring (bicyclic) bond motifs is 1. The van der Waals surface area contributed by atoms with Crippen molar-refractivity contribution < 1.29 is 14.3 Å². The average Bonchev–Trinajstić information content (AvgIpc) is 3.20. The molecule has 0 N–H and O–H groups in total. The molecule has 0 aromatic heterocycles. The Balaban J connectivity index is 1.34. The molecule has 0 saturated carbocycles. The lowest BCUT2D eigenvalue weighted by atomic mass is 10.1.